The molecule has 360 valence electrons. The summed E-state index contributed by atoms with van der Waals surface area (Å²) in [5.74, 6) is -11.7. The Hall–Kier alpha value is -6.11. The van der Waals surface area contributed by atoms with Crippen molar-refractivity contribution in [1.29, 1.82) is 10.5 Å². The molecule has 1 aliphatic rings. The molecule has 1 fully saturated rings. The van der Waals surface area contributed by atoms with Gasteiger partial charge in [-0.05, 0) is 37.8 Å². The van der Waals surface area contributed by atoms with Crippen LogP contribution in [0.1, 0.15) is 67.0 Å². The highest BCUT2D eigenvalue weighted by atomic mass is 32.2. The molecule has 0 radical (unpaired) electrons. The number of carboxylic acids is 4. The first-order valence-corrected chi connectivity index (χ1v) is 23.7. The number of Topliss-reactive ketones (excluding diaryl/α,β-unsaturated/α-hetero) is 1. The Morgan fingerprint density at radius 1 is 0.731 bits per heavy atom. The molecule has 0 aliphatic heterocycles. The first-order chi connectivity index (χ1) is 31.8. The van der Waals surface area contributed by atoms with Gasteiger partial charge in [0.15, 0.2) is 0 Å². The number of nitrogens with zero attached hydrogens (tertiary/aromatic N) is 6. The fourth-order valence-corrected chi connectivity index (χ4v) is 9.97. The smallest absolute Gasteiger partial charge is 0.322 e. The second kappa shape index (κ2) is 28.2. The van der Waals surface area contributed by atoms with Gasteiger partial charge in [0, 0.05) is 65.9 Å². The molecule has 1 saturated carbocycles. The summed E-state index contributed by atoms with van der Waals surface area (Å²) in [5, 5.41) is 67.3. The van der Waals surface area contributed by atoms with Gasteiger partial charge in [-0.1, -0.05) is 6.42 Å². The Kier molecular flexibility index (Phi) is 23.2. The van der Waals surface area contributed by atoms with E-state index in [2.05, 4.69) is 41.2 Å². The lowest BCUT2D eigenvalue weighted by molar-refractivity contribution is -0.140. The minimum absolute atomic E-state index is 0.0622. The summed E-state index contributed by atoms with van der Waals surface area (Å²) >= 11 is 3.38. The van der Waals surface area contributed by atoms with Gasteiger partial charge in [0.25, 0.3) is 0 Å². The van der Waals surface area contributed by atoms with Crippen molar-refractivity contribution in [2.75, 3.05) is 24.6 Å². The molecule has 2 heterocycles. The lowest BCUT2D eigenvalue weighted by Gasteiger charge is -2.36. The number of aromatic nitrogens is 4. The maximum absolute atomic E-state index is 15.1. The monoisotopic (exact) mass is 1010 g/mol. The molecule has 8 atom stereocenters. The highest BCUT2D eigenvalue weighted by molar-refractivity contribution is 8.04. The normalized spacial score (nSPS) is 17.1. The van der Waals surface area contributed by atoms with E-state index < -0.39 is 120 Å². The molecular formula is C38H46N12O13S4. The third-order valence-electron chi connectivity index (χ3n) is 9.67. The summed E-state index contributed by atoms with van der Waals surface area (Å²) in [4.78, 5) is 130. The number of hydrogen-bond donors (Lipinski definition) is 10. The van der Waals surface area contributed by atoms with Gasteiger partial charge in [-0.2, -0.15) is 10.5 Å². The van der Waals surface area contributed by atoms with Crippen molar-refractivity contribution < 1.29 is 63.6 Å². The first kappa shape index (κ1) is 55.2. The van der Waals surface area contributed by atoms with Crippen LogP contribution in [-0.4, -0.2) is 142 Å². The van der Waals surface area contributed by atoms with Crippen LogP contribution in [0.15, 0.2) is 34.7 Å². The number of thioether (sulfide) groups is 4. The van der Waals surface area contributed by atoms with E-state index in [0.29, 0.717) is 29.9 Å². The van der Waals surface area contributed by atoms with Crippen molar-refractivity contribution in [3.8, 4) is 10.8 Å². The van der Waals surface area contributed by atoms with Crippen molar-refractivity contribution >= 4 is 100 Å². The van der Waals surface area contributed by atoms with Crippen LogP contribution < -0.4 is 32.7 Å². The number of nitriles is 2. The number of thiocyanates is 2. The van der Waals surface area contributed by atoms with E-state index in [4.69, 9.17) is 21.7 Å². The second-order valence-corrected chi connectivity index (χ2v) is 18.4. The fraction of sp³-hybridized carbons (Fsp3) is 0.500. The van der Waals surface area contributed by atoms with Crippen LogP contribution in [0.25, 0.3) is 0 Å². The van der Waals surface area contributed by atoms with Crippen molar-refractivity contribution in [3.63, 3.8) is 0 Å². The number of rotatable bonds is 28. The van der Waals surface area contributed by atoms with Crippen LogP contribution in [0.5, 0.6) is 0 Å². The molecule has 25 nitrogen and oxygen atoms in total. The third-order valence-corrected chi connectivity index (χ3v) is 13.6. The van der Waals surface area contributed by atoms with E-state index >= 15 is 4.79 Å². The zero-order chi connectivity index (χ0) is 49.6. The van der Waals surface area contributed by atoms with Crippen LogP contribution in [0, 0.1) is 33.2 Å². The minimum atomic E-state index is -1.44. The molecule has 0 aromatic carbocycles. The molecule has 4 unspecified atom stereocenters. The number of ketones is 1. The number of carbonyl (C=O) groups is 9. The standard InChI is InChI=1S/C38H46N12O13S4/c39-15-66-27-8-9-43-34(50-27)33(65-14-24(36(59)45-12-30(55)56)49-26(52)7-5-21(42)38(62)63)19-3-1-2-18(31(19)57)32(22-10-28(67-16-40)47-17-46-22)64-13-23(35(58)44-11-29(53)54)48-25(51)6-4-20(41)37(60)61/h8-10,17-21,23-24,32-33H,1-7,11-14,41-42H2,(H,44,58)(H,45,59)(H,48,51)(H,49,52)(H,53,54)(H,55,56)(H,60,61)(H,62,63)/t18?,19?,20-,21+,23-,24-,32?,33?/m0/s1. The van der Waals surface area contributed by atoms with Crippen LogP contribution in [-0.2, 0) is 43.2 Å². The number of carboxylic acid groups (broad SMARTS) is 4. The summed E-state index contributed by atoms with van der Waals surface area (Å²) in [6.45, 7) is -1.63. The molecular weight excluding hydrogens is 961 g/mol. The third kappa shape index (κ3) is 18.6. The fourth-order valence-electron chi connectivity index (χ4n) is 6.40. The summed E-state index contributed by atoms with van der Waals surface area (Å²) in [6, 6.07) is -2.72. The number of aliphatic carboxylic acids is 4. The Morgan fingerprint density at radius 2 is 1.22 bits per heavy atom. The van der Waals surface area contributed by atoms with Crippen molar-refractivity contribution in [2.45, 2.75) is 89.7 Å². The zero-order valence-electron chi connectivity index (χ0n) is 35.1. The zero-order valence-corrected chi connectivity index (χ0v) is 38.4. The maximum Gasteiger partial charge on any atom is 0.322 e. The van der Waals surface area contributed by atoms with E-state index in [0.717, 1.165) is 23.5 Å². The second-order valence-electron chi connectivity index (χ2n) is 14.4. The van der Waals surface area contributed by atoms with Gasteiger partial charge in [-0.25, -0.2) is 19.9 Å². The summed E-state index contributed by atoms with van der Waals surface area (Å²) in [7, 11) is 0. The molecule has 0 saturated heterocycles. The van der Waals surface area contributed by atoms with Crippen LogP contribution in [0.4, 0.5) is 0 Å². The SMILES string of the molecule is N#CSc1cc(C(SC[C@H](NC(=O)CC[C@H](N)C(=O)O)C(=O)NCC(=O)O)C2CCCC(C(SC[C@H](NC(=O)CC[C@@H](N)C(=O)O)C(=O)NCC(=O)O)c3nccc(SC#N)n3)C2=O)ncn1. The van der Waals surface area contributed by atoms with E-state index in [-0.39, 0.29) is 64.5 Å². The Morgan fingerprint density at radius 3 is 1.72 bits per heavy atom. The molecule has 2 aromatic rings. The van der Waals surface area contributed by atoms with Crippen LogP contribution >= 0.6 is 47.0 Å². The number of amides is 4. The predicted molar refractivity (Wildman–Crippen MR) is 238 cm³/mol. The van der Waals surface area contributed by atoms with Crippen molar-refractivity contribution in [3.05, 3.63) is 36.2 Å². The lowest BCUT2D eigenvalue weighted by Crippen LogP contribution is -2.50. The Balaban J connectivity index is 2.07. The average Bonchev–Trinajstić information content (AvgIpc) is 3.28. The van der Waals surface area contributed by atoms with Crippen molar-refractivity contribution in [2.24, 2.45) is 23.3 Å². The van der Waals surface area contributed by atoms with Gasteiger partial charge >= 0.3 is 23.9 Å². The number of hydrogen-bond acceptors (Lipinski definition) is 21. The summed E-state index contributed by atoms with van der Waals surface area (Å²) in [6.07, 6.45) is 1.98. The lowest BCUT2D eigenvalue weighted by atomic mass is 9.76. The van der Waals surface area contributed by atoms with Gasteiger partial charge in [-0.15, -0.1) is 23.5 Å². The molecule has 3 rings (SSSR count). The van der Waals surface area contributed by atoms with Gasteiger partial charge in [-0.3, -0.25) is 43.2 Å². The quantitative estimate of drug-likeness (QED) is 0.0289. The van der Waals surface area contributed by atoms with Crippen LogP contribution in [0.3, 0.4) is 0 Å². The predicted octanol–water partition coefficient (Wildman–Crippen LogP) is -0.597. The largest absolute Gasteiger partial charge is 0.480 e. The summed E-state index contributed by atoms with van der Waals surface area (Å²) < 4.78 is 0. The number of nitrogens with two attached hydrogens (primary N) is 2. The molecule has 0 spiro atoms. The van der Waals surface area contributed by atoms with Crippen molar-refractivity contribution in [1.82, 2.24) is 41.2 Å². The van der Waals surface area contributed by atoms with Gasteiger partial charge in [0.2, 0.25) is 23.6 Å². The van der Waals surface area contributed by atoms with Gasteiger partial charge in [0.05, 0.1) is 16.2 Å². The molecule has 29 heteroatoms. The van der Waals surface area contributed by atoms with E-state index in [1.165, 1.54) is 24.7 Å². The maximum atomic E-state index is 15.1. The number of nitrogens with one attached hydrogen (secondary N) is 4. The van der Waals surface area contributed by atoms with E-state index in [1.807, 2.05) is 10.8 Å². The average molecular weight is 1010 g/mol. The van der Waals surface area contributed by atoms with E-state index in [1.54, 1.807) is 0 Å². The molecule has 0 bridgehead atoms. The molecule has 67 heavy (non-hydrogen) atoms. The highest BCUT2D eigenvalue weighted by Gasteiger charge is 2.44. The topological polar surface area (TPSA) is 434 Å². The number of carbonyl (C=O) groups excluding carboxylic acids is 5. The Labute approximate surface area is 398 Å². The van der Waals surface area contributed by atoms with Gasteiger partial charge < -0.3 is 53.2 Å². The van der Waals surface area contributed by atoms with Gasteiger partial charge in [0.1, 0.15) is 76.0 Å². The van der Waals surface area contributed by atoms with Crippen LogP contribution in [0.2, 0.25) is 0 Å². The first-order valence-electron chi connectivity index (χ1n) is 19.9. The molecule has 2 aromatic heterocycles. The van der Waals surface area contributed by atoms with E-state index in [9.17, 15) is 59.1 Å². The molecule has 4 amide bonds. The minimum Gasteiger partial charge on any atom is -0.480 e. The molecule has 1 aliphatic carbocycles. The summed E-state index contributed by atoms with van der Waals surface area (Å²) in [5.41, 5.74) is 11.3. The Bertz CT molecular complexity index is 2080. The highest BCUT2D eigenvalue weighted by Crippen LogP contribution is 2.48. The molecule has 12 N–H and O–H groups in total.